The summed E-state index contributed by atoms with van der Waals surface area (Å²) in [5.41, 5.74) is 0.544. The van der Waals surface area contributed by atoms with Crippen molar-refractivity contribution in [3.05, 3.63) is 29.6 Å². The minimum atomic E-state index is -1.24. The summed E-state index contributed by atoms with van der Waals surface area (Å²) in [6, 6.07) is 4.17. The van der Waals surface area contributed by atoms with Crippen LogP contribution in [0.5, 0.6) is 0 Å². The smallest absolute Gasteiger partial charge is 0.338 e. The fraction of sp³-hybridized carbons (Fsp3) is 0.533. The van der Waals surface area contributed by atoms with E-state index in [9.17, 15) is 9.18 Å². The van der Waals surface area contributed by atoms with Gasteiger partial charge >= 0.3 is 5.97 Å². The highest BCUT2D eigenvalue weighted by Gasteiger charge is 2.28. The highest BCUT2D eigenvalue weighted by molar-refractivity contribution is 5.88. The summed E-state index contributed by atoms with van der Waals surface area (Å²) in [4.78, 5) is 13.1. The molecule has 1 aromatic rings. The second-order valence-corrected chi connectivity index (χ2v) is 5.97. The minimum Gasteiger partial charge on any atom is -0.478 e. The van der Waals surface area contributed by atoms with E-state index in [1.165, 1.54) is 12.1 Å². The number of likely N-dealkylation sites (tertiary alicyclic amines) is 1. The molecule has 1 aliphatic rings. The van der Waals surface area contributed by atoms with Gasteiger partial charge in [-0.1, -0.05) is 6.92 Å². The van der Waals surface area contributed by atoms with E-state index in [0.717, 1.165) is 32.5 Å². The summed E-state index contributed by atoms with van der Waals surface area (Å²) in [5.74, 6) is -1.94. The minimum absolute atomic E-state index is 0.203. The Morgan fingerprint density at radius 2 is 2.10 bits per heavy atom. The number of carboxylic acids is 1. The molecule has 0 atom stereocenters. The third-order valence-corrected chi connectivity index (χ3v) is 4.11. The Bertz CT molecular complexity index is 497. The lowest BCUT2D eigenvalue weighted by Crippen LogP contribution is -2.40. The number of carboxylic acid groups (broad SMARTS) is 1. The van der Waals surface area contributed by atoms with Crippen LogP contribution in [0.2, 0.25) is 0 Å². The van der Waals surface area contributed by atoms with E-state index in [0.29, 0.717) is 5.69 Å². The topological polar surface area (TPSA) is 52.6 Å². The van der Waals surface area contributed by atoms with Gasteiger partial charge in [0.15, 0.2) is 0 Å². The van der Waals surface area contributed by atoms with Crippen LogP contribution >= 0.6 is 0 Å². The first kappa shape index (κ1) is 14.8. The van der Waals surface area contributed by atoms with E-state index in [-0.39, 0.29) is 11.0 Å². The predicted molar refractivity (Wildman–Crippen MR) is 76.7 cm³/mol. The quantitative estimate of drug-likeness (QED) is 0.890. The highest BCUT2D eigenvalue weighted by Crippen LogP contribution is 2.30. The van der Waals surface area contributed by atoms with Gasteiger partial charge in [-0.2, -0.15) is 0 Å². The van der Waals surface area contributed by atoms with Gasteiger partial charge in [-0.25, -0.2) is 9.18 Å². The number of aromatic carboxylic acids is 1. The fourth-order valence-electron chi connectivity index (χ4n) is 2.45. The lowest BCUT2D eigenvalue weighted by Gasteiger charge is -2.38. The molecule has 2 rings (SSSR count). The molecule has 0 bridgehead atoms. The van der Waals surface area contributed by atoms with Gasteiger partial charge in [-0.05, 0) is 56.6 Å². The van der Waals surface area contributed by atoms with Gasteiger partial charge in [0.05, 0.1) is 5.56 Å². The number of piperidine rings is 1. The van der Waals surface area contributed by atoms with Gasteiger partial charge in [0.25, 0.3) is 0 Å². The van der Waals surface area contributed by atoms with Crippen LogP contribution in [0.3, 0.4) is 0 Å². The monoisotopic (exact) mass is 280 g/mol. The van der Waals surface area contributed by atoms with Crippen LogP contribution in [-0.4, -0.2) is 42.7 Å². The first-order valence-corrected chi connectivity index (χ1v) is 6.85. The van der Waals surface area contributed by atoms with Crippen LogP contribution in [0.1, 0.15) is 30.1 Å². The zero-order valence-corrected chi connectivity index (χ0v) is 11.9. The molecule has 5 heteroatoms. The van der Waals surface area contributed by atoms with Gasteiger partial charge in [0.2, 0.25) is 0 Å². The predicted octanol–water partition coefficient (Wildman–Crippen LogP) is 2.67. The van der Waals surface area contributed by atoms with E-state index in [2.05, 4.69) is 24.2 Å². The maximum absolute atomic E-state index is 13.6. The summed E-state index contributed by atoms with van der Waals surface area (Å²) in [5, 5.41) is 12.0. The van der Waals surface area contributed by atoms with Gasteiger partial charge in [0, 0.05) is 12.2 Å². The largest absolute Gasteiger partial charge is 0.478 e. The van der Waals surface area contributed by atoms with Crippen molar-refractivity contribution in [2.24, 2.45) is 5.41 Å². The molecule has 1 fully saturated rings. The lowest BCUT2D eigenvalue weighted by molar-refractivity contribution is 0.0692. The van der Waals surface area contributed by atoms with Gasteiger partial charge in [0.1, 0.15) is 5.82 Å². The molecule has 0 spiro atoms. The van der Waals surface area contributed by atoms with Crippen LogP contribution < -0.4 is 5.32 Å². The Labute approximate surface area is 118 Å². The van der Waals surface area contributed by atoms with E-state index >= 15 is 0 Å². The molecule has 0 aromatic heterocycles. The Morgan fingerprint density at radius 1 is 1.45 bits per heavy atom. The number of hydrogen-bond acceptors (Lipinski definition) is 3. The van der Waals surface area contributed by atoms with Crippen LogP contribution in [0.15, 0.2) is 18.2 Å². The average molecular weight is 280 g/mol. The first-order valence-electron chi connectivity index (χ1n) is 6.85. The molecule has 0 aliphatic carbocycles. The molecule has 1 aromatic carbocycles. The molecule has 110 valence electrons. The average Bonchev–Trinajstić information content (AvgIpc) is 2.40. The van der Waals surface area contributed by atoms with Gasteiger partial charge in [-0.3, -0.25) is 0 Å². The van der Waals surface area contributed by atoms with Crippen LogP contribution in [0.25, 0.3) is 0 Å². The van der Waals surface area contributed by atoms with Crippen molar-refractivity contribution in [3.8, 4) is 0 Å². The number of rotatable bonds is 4. The fourth-order valence-corrected chi connectivity index (χ4v) is 2.45. The van der Waals surface area contributed by atoms with E-state index in [1.807, 2.05) is 0 Å². The third kappa shape index (κ3) is 3.48. The number of hydrogen-bond donors (Lipinski definition) is 2. The SMILES string of the molecule is CN1CCC(C)(CNc2ccc(C(=O)O)c(F)c2)CC1. The van der Waals surface area contributed by atoms with E-state index in [1.54, 1.807) is 6.07 Å². The zero-order valence-electron chi connectivity index (χ0n) is 11.9. The maximum atomic E-state index is 13.6. The van der Waals surface area contributed by atoms with Crippen LogP contribution in [-0.2, 0) is 0 Å². The number of halogens is 1. The summed E-state index contributed by atoms with van der Waals surface area (Å²) < 4.78 is 13.6. The standard InChI is InChI=1S/C15H21FN2O2/c1-15(5-7-18(2)8-6-15)10-17-11-3-4-12(14(19)20)13(16)9-11/h3-4,9,17H,5-8,10H2,1-2H3,(H,19,20). The molecule has 4 nitrogen and oxygen atoms in total. The summed E-state index contributed by atoms with van der Waals surface area (Å²) in [6.45, 7) is 5.15. The van der Waals surface area contributed by atoms with Crippen molar-refractivity contribution in [1.82, 2.24) is 4.90 Å². The van der Waals surface area contributed by atoms with Crippen molar-refractivity contribution in [2.75, 3.05) is 32.0 Å². The van der Waals surface area contributed by atoms with E-state index in [4.69, 9.17) is 5.11 Å². The van der Waals surface area contributed by atoms with Crippen molar-refractivity contribution in [3.63, 3.8) is 0 Å². The molecule has 0 unspecified atom stereocenters. The molecule has 0 saturated carbocycles. The second kappa shape index (κ2) is 5.79. The molecule has 1 saturated heterocycles. The Morgan fingerprint density at radius 3 is 2.65 bits per heavy atom. The van der Waals surface area contributed by atoms with Gasteiger partial charge < -0.3 is 15.3 Å². The number of anilines is 1. The zero-order chi connectivity index (χ0) is 14.8. The number of nitrogens with one attached hydrogen (secondary N) is 1. The van der Waals surface area contributed by atoms with Crippen molar-refractivity contribution < 1.29 is 14.3 Å². The lowest BCUT2D eigenvalue weighted by atomic mass is 9.80. The maximum Gasteiger partial charge on any atom is 0.338 e. The van der Waals surface area contributed by atoms with E-state index < -0.39 is 11.8 Å². The Balaban J connectivity index is 1.97. The highest BCUT2D eigenvalue weighted by atomic mass is 19.1. The molecule has 0 radical (unpaired) electrons. The number of carbonyl (C=O) groups is 1. The second-order valence-electron chi connectivity index (χ2n) is 5.97. The Hall–Kier alpha value is -1.62. The summed E-state index contributed by atoms with van der Waals surface area (Å²) in [7, 11) is 2.12. The number of benzene rings is 1. The summed E-state index contributed by atoms with van der Waals surface area (Å²) >= 11 is 0. The molecule has 1 aliphatic heterocycles. The molecule has 20 heavy (non-hydrogen) atoms. The molecular weight excluding hydrogens is 259 g/mol. The molecule has 0 amide bonds. The van der Waals surface area contributed by atoms with Crippen molar-refractivity contribution >= 4 is 11.7 Å². The van der Waals surface area contributed by atoms with Crippen molar-refractivity contribution in [2.45, 2.75) is 19.8 Å². The molecule has 2 N–H and O–H groups in total. The van der Waals surface area contributed by atoms with Crippen molar-refractivity contribution in [1.29, 1.82) is 0 Å². The third-order valence-electron chi connectivity index (χ3n) is 4.11. The molecule has 1 heterocycles. The first-order chi connectivity index (χ1) is 9.39. The normalized spacial score (nSPS) is 18.8. The number of nitrogens with zero attached hydrogens (tertiary/aromatic N) is 1. The molecular formula is C15H21FN2O2. The summed E-state index contributed by atoms with van der Waals surface area (Å²) in [6.07, 6.45) is 2.21. The van der Waals surface area contributed by atoms with Crippen LogP contribution in [0.4, 0.5) is 10.1 Å². The van der Waals surface area contributed by atoms with Gasteiger partial charge in [-0.15, -0.1) is 0 Å². The van der Waals surface area contributed by atoms with Crippen LogP contribution in [0, 0.1) is 11.2 Å². The Kier molecular flexibility index (Phi) is 4.28.